The summed E-state index contributed by atoms with van der Waals surface area (Å²) in [6.07, 6.45) is 6.80. The van der Waals surface area contributed by atoms with Crippen LogP contribution in [0.15, 0.2) is 65.6 Å². The Labute approximate surface area is 132 Å². The van der Waals surface area contributed by atoms with Gasteiger partial charge < -0.3 is 5.32 Å². The third kappa shape index (κ3) is 4.55. The molecule has 0 amide bonds. The van der Waals surface area contributed by atoms with Crippen LogP contribution in [0.4, 0.5) is 0 Å². The number of hydrogen-bond acceptors (Lipinski definition) is 3. The average molecular weight is 293 g/mol. The van der Waals surface area contributed by atoms with Gasteiger partial charge in [-0.1, -0.05) is 37.3 Å². The van der Waals surface area contributed by atoms with E-state index in [0.29, 0.717) is 0 Å². The van der Waals surface area contributed by atoms with E-state index >= 15 is 0 Å². The summed E-state index contributed by atoms with van der Waals surface area (Å²) in [5.74, 6) is 0. The zero-order valence-corrected chi connectivity index (χ0v) is 13.5. The molecule has 0 unspecified atom stereocenters. The zero-order valence-electron chi connectivity index (χ0n) is 13.5. The van der Waals surface area contributed by atoms with Crippen LogP contribution in [-0.4, -0.2) is 17.7 Å². The van der Waals surface area contributed by atoms with E-state index in [1.807, 2.05) is 19.3 Å². The molecule has 0 bridgehead atoms. The molecular weight excluding hydrogens is 270 g/mol. The summed E-state index contributed by atoms with van der Waals surface area (Å²) in [4.78, 5) is 8.52. The number of aryl methyl sites for hydroxylation is 1. The number of allylic oxidation sites excluding steroid dienone is 2. The summed E-state index contributed by atoms with van der Waals surface area (Å²) in [5, 5.41) is 3.40. The molecule has 3 nitrogen and oxygen atoms in total. The first-order valence-electron chi connectivity index (χ1n) is 7.60. The monoisotopic (exact) mass is 293 g/mol. The highest BCUT2D eigenvalue weighted by Crippen LogP contribution is 2.08. The van der Waals surface area contributed by atoms with Gasteiger partial charge in [-0.2, -0.15) is 0 Å². The summed E-state index contributed by atoms with van der Waals surface area (Å²) in [6.45, 7) is 4.99. The molecule has 1 aromatic carbocycles. The second-order valence-corrected chi connectivity index (χ2v) is 5.20. The van der Waals surface area contributed by atoms with Crippen molar-refractivity contribution in [2.24, 2.45) is 4.99 Å². The Hall–Kier alpha value is -2.42. The SMILES string of the molecule is CCc1ccc(C(/C=C(\C)NCc2cccnc2)=NC)cc1. The van der Waals surface area contributed by atoms with Gasteiger partial charge in [-0.05, 0) is 42.2 Å². The predicted octanol–water partition coefficient (Wildman–Crippen LogP) is 3.76. The number of nitrogens with zero attached hydrogens (tertiary/aromatic N) is 2. The zero-order chi connectivity index (χ0) is 15.8. The Balaban J connectivity index is 2.04. The molecule has 2 aromatic rings. The first-order chi connectivity index (χ1) is 10.7. The van der Waals surface area contributed by atoms with Crippen molar-refractivity contribution in [1.29, 1.82) is 0 Å². The minimum Gasteiger partial charge on any atom is -0.384 e. The lowest BCUT2D eigenvalue weighted by atomic mass is 10.1. The molecule has 0 radical (unpaired) electrons. The van der Waals surface area contributed by atoms with Gasteiger partial charge >= 0.3 is 0 Å². The highest BCUT2D eigenvalue weighted by molar-refractivity contribution is 6.08. The van der Waals surface area contributed by atoms with Crippen LogP contribution < -0.4 is 5.32 Å². The highest BCUT2D eigenvalue weighted by atomic mass is 14.9. The first kappa shape index (κ1) is 16.0. The summed E-state index contributed by atoms with van der Waals surface area (Å²) in [7, 11) is 1.83. The van der Waals surface area contributed by atoms with Gasteiger partial charge in [-0.15, -0.1) is 0 Å². The van der Waals surface area contributed by atoms with E-state index < -0.39 is 0 Å². The second-order valence-electron chi connectivity index (χ2n) is 5.20. The molecule has 0 spiro atoms. The molecule has 1 N–H and O–H groups in total. The number of aromatic nitrogens is 1. The van der Waals surface area contributed by atoms with E-state index in [1.165, 1.54) is 5.56 Å². The third-order valence-corrected chi connectivity index (χ3v) is 3.55. The predicted molar refractivity (Wildman–Crippen MR) is 93.1 cm³/mol. The summed E-state index contributed by atoms with van der Waals surface area (Å²) < 4.78 is 0. The quantitative estimate of drug-likeness (QED) is 0.823. The van der Waals surface area contributed by atoms with Gasteiger partial charge in [0.05, 0.1) is 5.71 Å². The molecule has 0 aliphatic rings. The number of hydrogen-bond donors (Lipinski definition) is 1. The largest absolute Gasteiger partial charge is 0.384 e. The van der Waals surface area contributed by atoms with E-state index in [1.54, 1.807) is 6.20 Å². The molecule has 1 aromatic heterocycles. The van der Waals surface area contributed by atoms with Crippen molar-refractivity contribution >= 4 is 5.71 Å². The normalized spacial score (nSPS) is 12.3. The molecule has 1 heterocycles. The fourth-order valence-corrected chi connectivity index (χ4v) is 2.19. The van der Waals surface area contributed by atoms with Gasteiger partial charge in [0.15, 0.2) is 0 Å². The third-order valence-electron chi connectivity index (χ3n) is 3.55. The van der Waals surface area contributed by atoms with Crippen LogP contribution in [0.25, 0.3) is 0 Å². The van der Waals surface area contributed by atoms with Crippen LogP contribution in [0.5, 0.6) is 0 Å². The number of rotatable bonds is 6. The molecule has 3 heteroatoms. The van der Waals surface area contributed by atoms with Crippen LogP contribution in [-0.2, 0) is 13.0 Å². The van der Waals surface area contributed by atoms with Crippen LogP contribution >= 0.6 is 0 Å². The Morgan fingerprint density at radius 3 is 2.55 bits per heavy atom. The fourth-order valence-electron chi connectivity index (χ4n) is 2.19. The van der Waals surface area contributed by atoms with E-state index in [9.17, 15) is 0 Å². The smallest absolute Gasteiger partial charge is 0.0660 e. The van der Waals surface area contributed by atoms with Crippen molar-refractivity contribution in [2.75, 3.05) is 7.05 Å². The molecule has 0 aliphatic heterocycles. The number of aliphatic imine (C=N–C) groups is 1. The van der Waals surface area contributed by atoms with Crippen LogP contribution in [0.3, 0.4) is 0 Å². The van der Waals surface area contributed by atoms with Gasteiger partial charge in [0, 0.05) is 31.7 Å². The first-order valence-corrected chi connectivity index (χ1v) is 7.60. The number of nitrogens with one attached hydrogen (secondary N) is 1. The molecule has 2 rings (SSSR count). The topological polar surface area (TPSA) is 37.3 Å². The van der Waals surface area contributed by atoms with Crippen molar-refractivity contribution in [1.82, 2.24) is 10.3 Å². The number of pyridine rings is 1. The lowest BCUT2D eigenvalue weighted by Gasteiger charge is -2.08. The van der Waals surface area contributed by atoms with Gasteiger partial charge in [-0.25, -0.2) is 0 Å². The van der Waals surface area contributed by atoms with Crippen molar-refractivity contribution in [3.63, 3.8) is 0 Å². The lowest BCUT2D eigenvalue weighted by molar-refractivity contribution is 0.809. The summed E-state index contributed by atoms with van der Waals surface area (Å²) in [6, 6.07) is 12.6. The van der Waals surface area contributed by atoms with E-state index in [0.717, 1.165) is 35.5 Å². The Morgan fingerprint density at radius 2 is 1.95 bits per heavy atom. The molecule has 0 atom stereocenters. The molecule has 0 fully saturated rings. The Bertz CT molecular complexity index is 640. The van der Waals surface area contributed by atoms with E-state index in [4.69, 9.17) is 0 Å². The molecule has 0 aliphatic carbocycles. The maximum Gasteiger partial charge on any atom is 0.0660 e. The maximum absolute atomic E-state index is 4.40. The van der Waals surface area contributed by atoms with Gasteiger partial charge in [0.25, 0.3) is 0 Å². The minimum absolute atomic E-state index is 0.766. The summed E-state index contributed by atoms with van der Waals surface area (Å²) in [5.41, 5.74) is 5.72. The van der Waals surface area contributed by atoms with Gasteiger partial charge in [0.2, 0.25) is 0 Å². The van der Waals surface area contributed by atoms with Gasteiger partial charge in [0.1, 0.15) is 0 Å². The minimum atomic E-state index is 0.766. The molecule has 114 valence electrons. The standard InChI is InChI=1S/C19H23N3/c1-4-16-7-9-18(10-8-16)19(20-3)12-15(2)22-14-17-6-5-11-21-13-17/h5-13,22H,4,14H2,1-3H3/b15-12+,20-19?. The van der Waals surface area contributed by atoms with Crippen LogP contribution in [0, 0.1) is 0 Å². The lowest BCUT2D eigenvalue weighted by Crippen LogP contribution is -2.12. The molecule has 0 saturated carbocycles. The Morgan fingerprint density at radius 1 is 1.18 bits per heavy atom. The van der Waals surface area contributed by atoms with Crippen molar-refractivity contribution < 1.29 is 0 Å². The maximum atomic E-state index is 4.40. The number of benzene rings is 1. The second kappa shape index (κ2) is 8.13. The molecule has 22 heavy (non-hydrogen) atoms. The summed E-state index contributed by atoms with van der Waals surface area (Å²) >= 11 is 0. The van der Waals surface area contributed by atoms with Crippen LogP contribution in [0.1, 0.15) is 30.5 Å². The molecular formula is C19H23N3. The van der Waals surface area contributed by atoms with E-state index in [2.05, 4.69) is 65.5 Å². The van der Waals surface area contributed by atoms with Gasteiger partial charge in [-0.3, -0.25) is 9.98 Å². The van der Waals surface area contributed by atoms with Crippen molar-refractivity contribution in [2.45, 2.75) is 26.8 Å². The average Bonchev–Trinajstić information content (AvgIpc) is 2.59. The molecule has 0 saturated heterocycles. The highest BCUT2D eigenvalue weighted by Gasteiger charge is 2.01. The van der Waals surface area contributed by atoms with E-state index in [-0.39, 0.29) is 0 Å². The van der Waals surface area contributed by atoms with Crippen molar-refractivity contribution in [3.05, 3.63) is 77.3 Å². The fraction of sp³-hybridized carbons (Fsp3) is 0.263. The van der Waals surface area contributed by atoms with Crippen molar-refractivity contribution in [3.8, 4) is 0 Å². The Kier molecular flexibility index (Phi) is 5.90. The van der Waals surface area contributed by atoms with Crippen LogP contribution in [0.2, 0.25) is 0 Å².